The fraction of sp³-hybridized carbons (Fsp3) is 0.600. The number of hydrogen-bond acceptors (Lipinski definition) is 9. The number of carbonyl (C=O) groups excluding carboxylic acids is 2. The fourth-order valence-electron chi connectivity index (χ4n) is 4.46. The zero-order chi connectivity index (χ0) is 30.7. The van der Waals surface area contributed by atoms with Gasteiger partial charge in [0.05, 0.1) is 11.8 Å². The summed E-state index contributed by atoms with van der Waals surface area (Å²) in [4.78, 5) is 27.7. The number of fused-ring (bicyclic) bond motifs is 2. The van der Waals surface area contributed by atoms with Gasteiger partial charge in [0.2, 0.25) is 0 Å². The van der Waals surface area contributed by atoms with Gasteiger partial charge in [0.15, 0.2) is 12.6 Å². The predicted molar refractivity (Wildman–Crippen MR) is 150 cm³/mol. The maximum Gasteiger partial charge on any atom is 0.414 e. The van der Waals surface area contributed by atoms with Crippen molar-refractivity contribution in [3.8, 4) is 5.75 Å². The predicted octanol–water partition coefficient (Wildman–Crippen LogP) is 5.37. The molecule has 0 aromatic heterocycles. The zero-order valence-electron chi connectivity index (χ0n) is 25.2. The lowest BCUT2D eigenvalue weighted by Crippen LogP contribution is -2.36. The summed E-state index contributed by atoms with van der Waals surface area (Å²) in [6.07, 6.45) is 0.227. The lowest BCUT2D eigenvalue weighted by Gasteiger charge is -2.26. The number of ether oxygens (including phenoxy) is 6. The van der Waals surface area contributed by atoms with Crippen molar-refractivity contribution >= 4 is 23.8 Å². The molecule has 5 atom stereocenters. The Kier molecular flexibility index (Phi) is 10.2. The Bertz CT molecular complexity index is 1170. The molecule has 10 nitrogen and oxygen atoms in total. The van der Waals surface area contributed by atoms with Crippen LogP contribution in [-0.4, -0.2) is 73.9 Å². The fourth-order valence-corrected chi connectivity index (χ4v) is 4.46. The maximum absolute atomic E-state index is 15.1. The van der Waals surface area contributed by atoms with E-state index in [1.54, 1.807) is 73.7 Å². The Labute approximate surface area is 241 Å². The highest BCUT2D eigenvalue weighted by molar-refractivity contribution is 5.99. The van der Waals surface area contributed by atoms with E-state index in [9.17, 15) is 14.7 Å². The summed E-state index contributed by atoms with van der Waals surface area (Å²) in [6, 6.07) is 3.16. The third-order valence-corrected chi connectivity index (χ3v) is 6.65. The van der Waals surface area contributed by atoms with E-state index in [-0.39, 0.29) is 24.5 Å². The number of benzene rings is 1. The van der Waals surface area contributed by atoms with Gasteiger partial charge in [0.25, 0.3) is 0 Å². The first-order valence-electron chi connectivity index (χ1n) is 13.6. The van der Waals surface area contributed by atoms with Gasteiger partial charge in [-0.2, -0.15) is 0 Å². The third kappa shape index (κ3) is 8.28. The molecule has 1 aromatic rings. The number of cyclic esters (lactones) is 1. The van der Waals surface area contributed by atoms with E-state index in [4.69, 9.17) is 28.4 Å². The van der Waals surface area contributed by atoms with Crippen LogP contribution in [0.15, 0.2) is 30.1 Å². The molecule has 1 saturated heterocycles. The van der Waals surface area contributed by atoms with Gasteiger partial charge in [0, 0.05) is 26.1 Å². The van der Waals surface area contributed by atoms with Gasteiger partial charge in [-0.25, -0.2) is 14.0 Å². The summed E-state index contributed by atoms with van der Waals surface area (Å²) in [5.74, 6) is -3.03. The summed E-state index contributed by atoms with van der Waals surface area (Å²) in [6.45, 7) is 11.8. The number of halogens is 1. The molecule has 0 spiro atoms. The molecule has 11 heteroatoms. The molecule has 1 fully saturated rings. The number of anilines is 1. The van der Waals surface area contributed by atoms with Gasteiger partial charge in [0.1, 0.15) is 41.1 Å². The molecule has 0 aliphatic carbocycles. The van der Waals surface area contributed by atoms with Crippen molar-refractivity contribution in [1.82, 2.24) is 0 Å². The molecule has 1 amide bonds. The molecule has 41 heavy (non-hydrogen) atoms. The van der Waals surface area contributed by atoms with Crippen LogP contribution in [0, 0.1) is 5.92 Å². The number of aliphatic hydroxyl groups is 1. The van der Waals surface area contributed by atoms with Crippen LogP contribution in [0.25, 0.3) is 6.08 Å². The van der Waals surface area contributed by atoms with Crippen molar-refractivity contribution in [2.45, 2.75) is 90.7 Å². The van der Waals surface area contributed by atoms with E-state index < -0.39 is 59.6 Å². The average Bonchev–Trinajstić information content (AvgIpc) is 3.18. The SMILES string of the molecule is COCOc1cc(N(C)C(=O)OC(C)(C)C)cc2c1C(=O)O[C@@H](C)[C@H](C)/C=C(/F)[C@@H](O)[C@H]1OC(C)(C)O[C@H]1C/C=C/2. The standard InChI is InChI=1S/C30H42FNO9/c1-17-13-21(31)25(33)26-22(39-30(6,7)40-26)12-10-11-19-14-20(32(8)28(35)41-29(3,4)5)15-23(37-16-36-9)24(19)27(34)38-18(17)2/h10-11,13-15,17-18,22,25-26,33H,12,16H2,1-9H3/b11-10+,21-13+/t17-,18+,22+,25-,26+/m1/s1. The summed E-state index contributed by atoms with van der Waals surface area (Å²) in [5.41, 5.74) is 0.157. The van der Waals surface area contributed by atoms with E-state index in [1.807, 2.05) is 0 Å². The molecule has 2 aliphatic rings. The van der Waals surface area contributed by atoms with Crippen LogP contribution in [0.2, 0.25) is 0 Å². The van der Waals surface area contributed by atoms with Crippen molar-refractivity contribution in [3.63, 3.8) is 0 Å². The summed E-state index contributed by atoms with van der Waals surface area (Å²) in [7, 11) is 2.98. The van der Waals surface area contributed by atoms with Gasteiger partial charge >= 0.3 is 12.1 Å². The number of amides is 1. The quantitative estimate of drug-likeness (QED) is 0.371. The van der Waals surface area contributed by atoms with Gasteiger partial charge in [-0.15, -0.1) is 0 Å². The van der Waals surface area contributed by atoms with Gasteiger partial charge in [-0.1, -0.05) is 19.1 Å². The first kappa shape index (κ1) is 32.5. The smallest absolute Gasteiger partial charge is 0.414 e. The minimum absolute atomic E-state index is 0.0979. The summed E-state index contributed by atoms with van der Waals surface area (Å²) < 4.78 is 49.0. The molecule has 0 unspecified atom stereocenters. The van der Waals surface area contributed by atoms with Crippen LogP contribution in [0.5, 0.6) is 5.75 Å². The zero-order valence-corrected chi connectivity index (χ0v) is 25.2. The minimum atomic E-state index is -1.57. The molecular formula is C30H42FNO9. The van der Waals surface area contributed by atoms with Crippen LogP contribution in [-0.2, 0) is 23.7 Å². The Morgan fingerprint density at radius 3 is 2.54 bits per heavy atom. The number of rotatable bonds is 4. The molecule has 2 heterocycles. The second-order valence-electron chi connectivity index (χ2n) is 11.7. The monoisotopic (exact) mass is 579 g/mol. The van der Waals surface area contributed by atoms with E-state index in [0.29, 0.717) is 11.3 Å². The molecule has 0 saturated carbocycles. The van der Waals surface area contributed by atoms with E-state index in [0.717, 1.165) is 0 Å². The van der Waals surface area contributed by atoms with Crippen molar-refractivity contribution in [1.29, 1.82) is 0 Å². The third-order valence-electron chi connectivity index (χ3n) is 6.65. The second kappa shape index (κ2) is 12.9. The van der Waals surface area contributed by atoms with Crippen molar-refractivity contribution in [2.75, 3.05) is 25.9 Å². The highest BCUT2D eigenvalue weighted by Gasteiger charge is 2.45. The van der Waals surface area contributed by atoms with Crippen molar-refractivity contribution in [2.24, 2.45) is 5.92 Å². The topological polar surface area (TPSA) is 113 Å². The van der Waals surface area contributed by atoms with Crippen LogP contribution in [0.3, 0.4) is 0 Å². The van der Waals surface area contributed by atoms with Crippen LogP contribution in [0.4, 0.5) is 14.9 Å². The highest BCUT2D eigenvalue weighted by Crippen LogP contribution is 2.36. The van der Waals surface area contributed by atoms with Crippen LogP contribution >= 0.6 is 0 Å². The summed E-state index contributed by atoms with van der Waals surface area (Å²) in [5, 5.41) is 10.8. The normalized spacial score (nSPS) is 28.7. The highest BCUT2D eigenvalue weighted by atomic mass is 19.1. The average molecular weight is 580 g/mol. The first-order valence-corrected chi connectivity index (χ1v) is 13.6. The van der Waals surface area contributed by atoms with Crippen LogP contribution < -0.4 is 9.64 Å². The van der Waals surface area contributed by atoms with E-state index in [1.165, 1.54) is 24.2 Å². The number of esters is 1. The largest absolute Gasteiger partial charge is 0.467 e. The number of methoxy groups -OCH3 is 1. The molecule has 2 aliphatic heterocycles. The second-order valence-corrected chi connectivity index (χ2v) is 11.7. The molecule has 0 radical (unpaired) electrons. The Hall–Kier alpha value is -2.99. The lowest BCUT2D eigenvalue weighted by molar-refractivity contribution is -0.153. The number of nitrogens with zero attached hydrogens (tertiary/aromatic N) is 1. The van der Waals surface area contributed by atoms with E-state index in [2.05, 4.69) is 0 Å². The molecular weight excluding hydrogens is 537 g/mol. The van der Waals surface area contributed by atoms with E-state index >= 15 is 4.39 Å². The summed E-state index contributed by atoms with van der Waals surface area (Å²) >= 11 is 0. The van der Waals surface area contributed by atoms with Crippen LogP contribution in [0.1, 0.15) is 70.8 Å². The molecule has 228 valence electrons. The number of hydrogen-bond donors (Lipinski definition) is 1. The first-order chi connectivity index (χ1) is 19.0. The van der Waals surface area contributed by atoms with Gasteiger partial charge < -0.3 is 33.5 Å². The van der Waals surface area contributed by atoms with Crippen molar-refractivity contribution in [3.05, 3.63) is 41.2 Å². The molecule has 0 bridgehead atoms. The lowest BCUT2D eigenvalue weighted by atomic mass is 9.98. The van der Waals surface area contributed by atoms with Gasteiger partial charge in [-0.05, 0) is 65.7 Å². The Balaban J connectivity index is 2.14. The van der Waals surface area contributed by atoms with Crippen molar-refractivity contribution < 1.29 is 47.5 Å². The maximum atomic E-state index is 15.1. The minimum Gasteiger partial charge on any atom is -0.467 e. The molecule has 3 rings (SSSR count). The number of aliphatic hydroxyl groups excluding tert-OH is 1. The number of carbonyl (C=O) groups is 2. The Morgan fingerprint density at radius 2 is 1.90 bits per heavy atom. The molecule has 1 N–H and O–H groups in total. The Morgan fingerprint density at radius 1 is 1.22 bits per heavy atom. The molecule has 1 aromatic carbocycles. The van der Waals surface area contributed by atoms with Gasteiger partial charge in [-0.3, -0.25) is 4.90 Å².